The van der Waals surface area contributed by atoms with Crippen molar-refractivity contribution in [2.24, 2.45) is 5.73 Å². The summed E-state index contributed by atoms with van der Waals surface area (Å²) in [7, 11) is 0. The van der Waals surface area contributed by atoms with E-state index in [1.165, 1.54) is 18.5 Å². The van der Waals surface area contributed by atoms with E-state index in [1.54, 1.807) is 6.07 Å². The topological polar surface area (TPSA) is 52.0 Å². The van der Waals surface area contributed by atoms with Crippen molar-refractivity contribution in [1.82, 2.24) is 4.98 Å². The van der Waals surface area contributed by atoms with E-state index in [9.17, 15) is 13.2 Å². The second-order valence-corrected chi connectivity index (χ2v) is 5.61. The summed E-state index contributed by atoms with van der Waals surface area (Å²) in [6, 6.07) is 3.94. The molecule has 7 heteroatoms. The van der Waals surface area contributed by atoms with Crippen LogP contribution in [0.1, 0.15) is 24.5 Å². The maximum absolute atomic E-state index is 13.2. The van der Waals surface area contributed by atoms with Gasteiger partial charge in [0.15, 0.2) is 0 Å². The lowest BCUT2D eigenvalue weighted by atomic mass is 9.99. The molecular formula is C14H15F3N2OS. The predicted molar refractivity (Wildman–Crippen MR) is 74.0 cm³/mol. The molecule has 0 spiro atoms. The summed E-state index contributed by atoms with van der Waals surface area (Å²) in [6.07, 6.45) is -0.751. The standard InChI is InChI=1S/C14H15F3N2OS/c1-2-10(18)7-9-3-4-11(8-12(9)14(15,16)17)21-13-19-5-6-20-13/h3-6,8,10H,2,7,18H2,1H3. The molecule has 0 bridgehead atoms. The Hall–Kier alpha value is -1.47. The molecular weight excluding hydrogens is 301 g/mol. The van der Waals surface area contributed by atoms with Gasteiger partial charge in [0, 0.05) is 10.9 Å². The molecule has 0 aliphatic rings. The summed E-state index contributed by atoms with van der Waals surface area (Å²) in [5.74, 6) is 0. The summed E-state index contributed by atoms with van der Waals surface area (Å²) in [6.45, 7) is 1.85. The average Bonchev–Trinajstić information content (AvgIpc) is 2.92. The SMILES string of the molecule is CCC(N)Cc1ccc(Sc2ncco2)cc1C(F)(F)F. The first kappa shape index (κ1) is 15.9. The van der Waals surface area contributed by atoms with Crippen molar-refractivity contribution in [2.45, 2.75) is 42.1 Å². The van der Waals surface area contributed by atoms with Gasteiger partial charge in [0.2, 0.25) is 0 Å². The van der Waals surface area contributed by atoms with Gasteiger partial charge in [0.1, 0.15) is 6.26 Å². The van der Waals surface area contributed by atoms with Crippen LogP contribution >= 0.6 is 11.8 Å². The number of hydrogen-bond donors (Lipinski definition) is 1. The number of nitrogens with two attached hydrogens (primary N) is 1. The molecule has 0 amide bonds. The Labute approximate surface area is 124 Å². The van der Waals surface area contributed by atoms with E-state index in [2.05, 4.69) is 4.98 Å². The first-order chi connectivity index (χ1) is 9.90. The van der Waals surface area contributed by atoms with Crippen LogP contribution in [0.5, 0.6) is 0 Å². The maximum Gasteiger partial charge on any atom is 0.416 e. The van der Waals surface area contributed by atoms with Gasteiger partial charge in [-0.1, -0.05) is 13.0 Å². The van der Waals surface area contributed by atoms with Crippen molar-refractivity contribution in [2.75, 3.05) is 0 Å². The largest absolute Gasteiger partial charge is 0.440 e. The Morgan fingerprint density at radius 3 is 2.71 bits per heavy atom. The van der Waals surface area contributed by atoms with E-state index in [-0.39, 0.29) is 18.0 Å². The lowest BCUT2D eigenvalue weighted by Crippen LogP contribution is -2.23. The van der Waals surface area contributed by atoms with Gasteiger partial charge in [0.05, 0.1) is 11.8 Å². The third-order valence-electron chi connectivity index (χ3n) is 3.01. The maximum atomic E-state index is 13.2. The normalized spacial score (nSPS) is 13.4. The Morgan fingerprint density at radius 2 is 2.14 bits per heavy atom. The van der Waals surface area contributed by atoms with Crippen LogP contribution in [0.25, 0.3) is 0 Å². The van der Waals surface area contributed by atoms with E-state index in [0.29, 0.717) is 16.5 Å². The number of oxazole rings is 1. The fourth-order valence-electron chi connectivity index (χ4n) is 1.85. The molecule has 0 aliphatic heterocycles. The smallest absolute Gasteiger partial charge is 0.416 e. The molecule has 1 unspecified atom stereocenters. The fourth-order valence-corrected chi connectivity index (χ4v) is 2.58. The molecule has 1 atom stereocenters. The molecule has 21 heavy (non-hydrogen) atoms. The van der Waals surface area contributed by atoms with Crippen molar-refractivity contribution in [3.8, 4) is 0 Å². The third kappa shape index (κ3) is 4.25. The Bertz CT molecular complexity index is 584. The van der Waals surface area contributed by atoms with Crippen LogP contribution < -0.4 is 5.73 Å². The molecule has 2 rings (SSSR count). The summed E-state index contributed by atoms with van der Waals surface area (Å²) < 4.78 is 44.5. The van der Waals surface area contributed by atoms with Gasteiger partial charge < -0.3 is 10.2 Å². The Balaban J connectivity index is 2.30. The number of alkyl halides is 3. The minimum absolute atomic E-state index is 0.204. The van der Waals surface area contributed by atoms with Gasteiger partial charge in [-0.2, -0.15) is 13.2 Å². The van der Waals surface area contributed by atoms with Gasteiger partial charge in [-0.15, -0.1) is 0 Å². The van der Waals surface area contributed by atoms with Crippen molar-refractivity contribution >= 4 is 11.8 Å². The zero-order chi connectivity index (χ0) is 15.5. The van der Waals surface area contributed by atoms with Crippen molar-refractivity contribution in [1.29, 1.82) is 0 Å². The Morgan fingerprint density at radius 1 is 1.38 bits per heavy atom. The average molecular weight is 316 g/mol. The molecule has 1 aromatic heterocycles. The molecule has 114 valence electrons. The van der Waals surface area contributed by atoms with E-state index in [1.807, 2.05) is 6.92 Å². The lowest BCUT2D eigenvalue weighted by molar-refractivity contribution is -0.138. The molecule has 1 heterocycles. The molecule has 0 fully saturated rings. The second kappa shape index (κ2) is 6.53. The van der Waals surface area contributed by atoms with E-state index in [0.717, 1.165) is 17.8 Å². The minimum Gasteiger partial charge on any atom is -0.440 e. The van der Waals surface area contributed by atoms with Crippen molar-refractivity contribution in [3.05, 3.63) is 41.8 Å². The molecule has 0 saturated heterocycles. The third-order valence-corrected chi connectivity index (χ3v) is 3.87. The number of halogens is 3. The van der Waals surface area contributed by atoms with E-state index < -0.39 is 11.7 Å². The van der Waals surface area contributed by atoms with Crippen LogP contribution in [0.4, 0.5) is 13.2 Å². The van der Waals surface area contributed by atoms with Gasteiger partial charge in [-0.25, -0.2) is 4.98 Å². The van der Waals surface area contributed by atoms with Crippen molar-refractivity contribution < 1.29 is 17.6 Å². The molecule has 0 aliphatic carbocycles. The zero-order valence-corrected chi connectivity index (χ0v) is 12.2. The summed E-state index contributed by atoms with van der Waals surface area (Å²) in [5, 5.41) is 0.307. The lowest BCUT2D eigenvalue weighted by Gasteiger charge is -2.16. The van der Waals surface area contributed by atoms with Crippen LogP contribution in [0.3, 0.4) is 0 Å². The molecule has 1 aromatic carbocycles. The van der Waals surface area contributed by atoms with E-state index in [4.69, 9.17) is 10.2 Å². The fraction of sp³-hybridized carbons (Fsp3) is 0.357. The van der Waals surface area contributed by atoms with Crippen LogP contribution in [0, 0.1) is 0 Å². The Kier molecular flexibility index (Phi) is 4.95. The van der Waals surface area contributed by atoms with Crippen molar-refractivity contribution in [3.63, 3.8) is 0 Å². The van der Waals surface area contributed by atoms with Gasteiger partial charge >= 0.3 is 6.18 Å². The molecule has 2 N–H and O–H groups in total. The van der Waals surface area contributed by atoms with Crippen LogP contribution in [0.15, 0.2) is 45.2 Å². The van der Waals surface area contributed by atoms with Gasteiger partial charge in [-0.05, 0) is 42.3 Å². The summed E-state index contributed by atoms with van der Waals surface area (Å²) in [4.78, 5) is 4.31. The first-order valence-electron chi connectivity index (χ1n) is 6.43. The molecule has 2 aromatic rings. The highest BCUT2D eigenvalue weighted by molar-refractivity contribution is 7.99. The second-order valence-electron chi connectivity index (χ2n) is 4.59. The van der Waals surface area contributed by atoms with Crippen LogP contribution in [-0.2, 0) is 12.6 Å². The number of benzene rings is 1. The number of rotatable bonds is 5. The molecule has 0 saturated carbocycles. The zero-order valence-electron chi connectivity index (χ0n) is 11.4. The van der Waals surface area contributed by atoms with Crippen LogP contribution in [-0.4, -0.2) is 11.0 Å². The summed E-state index contributed by atoms with van der Waals surface area (Å²) in [5.41, 5.74) is 5.33. The molecule has 3 nitrogen and oxygen atoms in total. The molecule has 0 radical (unpaired) electrons. The van der Waals surface area contributed by atoms with Gasteiger partial charge in [-0.3, -0.25) is 0 Å². The quantitative estimate of drug-likeness (QED) is 0.901. The van der Waals surface area contributed by atoms with Gasteiger partial charge in [0.25, 0.3) is 5.22 Å². The highest BCUT2D eigenvalue weighted by atomic mass is 32.2. The highest BCUT2D eigenvalue weighted by Gasteiger charge is 2.33. The predicted octanol–water partition coefficient (Wildman–Crippen LogP) is 4.12. The highest BCUT2D eigenvalue weighted by Crippen LogP contribution is 2.36. The summed E-state index contributed by atoms with van der Waals surface area (Å²) >= 11 is 1.05. The minimum atomic E-state index is -4.41. The van der Waals surface area contributed by atoms with Crippen LogP contribution in [0.2, 0.25) is 0 Å². The monoisotopic (exact) mass is 316 g/mol. The van der Waals surface area contributed by atoms with E-state index >= 15 is 0 Å². The number of aromatic nitrogens is 1. The number of nitrogens with zero attached hydrogens (tertiary/aromatic N) is 1. The first-order valence-corrected chi connectivity index (χ1v) is 7.25. The number of hydrogen-bond acceptors (Lipinski definition) is 4.